The van der Waals surface area contributed by atoms with Gasteiger partial charge in [0.25, 0.3) is 12.3 Å². The van der Waals surface area contributed by atoms with Gasteiger partial charge in [-0.05, 0) is 25.1 Å². The highest BCUT2D eigenvalue weighted by molar-refractivity contribution is 7.91. The maximum absolute atomic E-state index is 15.1. The number of hydrogen-bond donors (Lipinski definition) is 2. The lowest BCUT2D eigenvalue weighted by Gasteiger charge is -2.19. The van der Waals surface area contributed by atoms with Gasteiger partial charge in [-0.2, -0.15) is 4.68 Å². The molecule has 1 unspecified atom stereocenters. The molecule has 1 heterocycles. The molecule has 1 aromatic heterocycles. The van der Waals surface area contributed by atoms with Crippen molar-refractivity contribution in [1.29, 1.82) is 4.78 Å². The van der Waals surface area contributed by atoms with Crippen LogP contribution in [-0.2, 0) is 16.3 Å². The summed E-state index contributed by atoms with van der Waals surface area (Å²) in [6.07, 6.45) is -4.88. The topological polar surface area (TPSA) is 119 Å². The van der Waals surface area contributed by atoms with Gasteiger partial charge in [0.15, 0.2) is 6.10 Å². The standard InChI is InChI=1S/C21H19F6N5O4S/c1-3-31-20(37(2,28)35)30-32(21(31)34)14-8-15(36-16(9-22)18(26)27)10(7-13(14)25)19(33)29-17-11(23)5-4-6-12(17)24/h4-8,16,18,28H,3,9H2,1-2H3,(H,29,33)/t16-,37?/m0/s1. The van der Waals surface area contributed by atoms with E-state index in [2.05, 4.69) is 5.10 Å². The van der Waals surface area contributed by atoms with Crippen LogP contribution in [0.2, 0.25) is 0 Å². The maximum atomic E-state index is 15.1. The maximum Gasteiger partial charge on any atom is 0.351 e. The van der Waals surface area contributed by atoms with Crippen molar-refractivity contribution in [2.75, 3.05) is 18.2 Å². The van der Waals surface area contributed by atoms with Gasteiger partial charge in [-0.1, -0.05) is 6.07 Å². The van der Waals surface area contributed by atoms with Gasteiger partial charge in [-0.15, -0.1) is 5.10 Å². The second-order valence-corrected chi connectivity index (χ2v) is 9.61. The Hall–Kier alpha value is -3.82. The van der Waals surface area contributed by atoms with Gasteiger partial charge in [0.2, 0.25) is 5.16 Å². The molecule has 0 saturated heterocycles. The van der Waals surface area contributed by atoms with Crippen LogP contribution in [0.4, 0.5) is 32.0 Å². The fourth-order valence-electron chi connectivity index (χ4n) is 3.19. The molecule has 200 valence electrons. The number of para-hydroxylation sites is 1. The molecule has 1 amide bonds. The first kappa shape index (κ1) is 27.8. The highest BCUT2D eigenvalue weighted by Crippen LogP contribution is 2.29. The number of hydrogen-bond acceptors (Lipinski definition) is 6. The molecule has 2 N–H and O–H groups in total. The van der Waals surface area contributed by atoms with Crippen LogP contribution >= 0.6 is 0 Å². The Bertz CT molecular complexity index is 1490. The highest BCUT2D eigenvalue weighted by atomic mass is 32.2. The molecule has 0 fully saturated rings. The monoisotopic (exact) mass is 551 g/mol. The normalized spacial score (nSPS) is 13.9. The van der Waals surface area contributed by atoms with Crippen molar-refractivity contribution in [3.63, 3.8) is 0 Å². The number of carbonyl (C=O) groups excluding carboxylic acids is 1. The lowest BCUT2D eigenvalue weighted by Crippen LogP contribution is -2.29. The number of rotatable bonds is 9. The largest absolute Gasteiger partial charge is 0.481 e. The number of carbonyl (C=O) groups is 1. The van der Waals surface area contributed by atoms with Gasteiger partial charge in [-0.25, -0.2) is 40.1 Å². The van der Waals surface area contributed by atoms with Gasteiger partial charge in [-0.3, -0.25) is 9.36 Å². The average molecular weight is 551 g/mol. The van der Waals surface area contributed by atoms with Crippen LogP contribution in [0.15, 0.2) is 40.3 Å². The number of aromatic nitrogens is 3. The molecule has 16 heteroatoms. The third-order valence-corrected chi connectivity index (χ3v) is 5.93. The number of ether oxygens (including phenoxy) is 1. The zero-order valence-corrected chi connectivity index (χ0v) is 19.9. The van der Waals surface area contributed by atoms with E-state index >= 15 is 4.39 Å². The summed E-state index contributed by atoms with van der Waals surface area (Å²) in [5.41, 5.74) is -3.65. The van der Waals surface area contributed by atoms with Crippen molar-refractivity contribution in [3.05, 3.63) is 63.8 Å². The first-order valence-electron chi connectivity index (χ1n) is 10.3. The van der Waals surface area contributed by atoms with Crippen molar-refractivity contribution in [3.8, 4) is 11.4 Å². The summed E-state index contributed by atoms with van der Waals surface area (Å²) < 4.78 is 109. The zero-order valence-electron chi connectivity index (χ0n) is 19.1. The van der Waals surface area contributed by atoms with Crippen LogP contribution in [0.1, 0.15) is 17.3 Å². The lowest BCUT2D eigenvalue weighted by molar-refractivity contribution is -0.00159. The molecule has 9 nitrogen and oxygen atoms in total. The van der Waals surface area contributed by atoms with E-state index in [9.17, 15) is 35.8 Å². The van der Waals surface area contributed by atoms with Crippen molar-refractivity contribution in [2.24, 2.45) is 0 Å². The molecule has 0 radical (unpaired) electrons. The average Bonchev–Trinajstić information content (AvgIpc) is 3.16. The first-order chi connectivity index (χ1) is 17.3. The van der Waals surface area contributed by atoms with Gasteiger partial charge in [0.1, 0.15) is 51.0 Å². The van der Waals surface area contributed by atoms with E-state index in [4.69, 9.17) is 9.52 Å². The Kier molecular flexibility index (Phi) is 8.00. The minimum atomic E-state index is -3.58. The van der Waals surface area contributed by atoms with Crippen molar-refractivity contribution < 1.29 is 40.1 Å². The van der Waals surface area contributed by atoms with E-state index in [1.165, 1.54) is 6.92 Å². The fraction of sp³-hybridized carbons (Fsp3) is 0.286. The third kappa shape index (κ3) is 5.63. The Labute approximate surface area is 205 Å². The number of halogens is 6. The smallest absolute Gasteiger partial charge is 0.351 e. The molecule has 3 aromatic rings. The molecular formula is C21H19F6N5O4S. The zero-order chi connectivity index (χ0) is 27.7. The van der Waals surface area contributed by atoms with E-state index in [-0.39, 0.29) is 6.54 Å². The van der Waals surface area contributed by atoms with E-state index in [1.807, 2.05) is 5.32 Å². The second-order valence-electron chi connectivity index (χ2n) is 7.56. The summed E-state index contributed by atoms with van der Waals surface area (Å²) in [6, 6.07) is 3.60. The SMILES string of the molecule is CCn1c(S(C)(=N)=O)nn(-c2cc(O[C@@H](CF)C(F)F)c(C(=O)Nc3c(F)cccc3F)cc2F)c1=O. The van der Waals surface area contributed by atoms with Crippen LogP contribution in [0.3, 0.4) is 0 Å². The number of amides is 1. The predicted octanol–water partition coefficient (Wildman–Crippen LogP) is 3.74. The summed E-state index contributed by atoms with van der Waals surface area (Å²) in [7, 11) is -3.58. The van der Waals surface area contributed by atoms with Crippen LogP contribution in [0.5, 0.6) is 5.75 Å². The summed E-state index contributed by atoms with van der Waals surface area (Å²) in [4.78, 5) is 25.5. The molecule has 0 bridgehead atoms. The molecule has 0 aliphatic carbocycles. The Morgan fingerprint density at radius 2 is 1.81 bits per heavy atom. The number of nitrogens with one attached hydrogen (secondary N) is 2. The molecule has 0 spiro atoms. The van der Waals surface area contributed by atoms with Crippen molar-refractivity contribution in [2.45, 2.75) is 31.2 Å². The lowest BCUT2D eigenvalue weighted by atomic mass is 10.1. The summed E-state index contributed by atoms with van der Waals surface area (Å²) in [5, 5.41) is 5.02. The molecule has 2 atom stereocenters. The molecular weight excluding hydrogens is 532 g/mol. The van der Waals surface area contributed by atoms with E-state index in [1.54, 1.807) is 0 Å². The molecule has 37 heavy (non-hydrogen) atoms. The Balaban J connectivity index is 2.21. The number of alkyl halides is 3. The quantitative estimate of drug-likeness (QED) is 0.393. The van der Waals surface area contributed by atoms with Gasteiger partial charge >= 0.3 is 5.69 Å². The van der Waals surface area contributed by atoms with Crippen molar-refractivity contribution in [1.82, 2.24) is 14.3 Å². The summed E-state index contributed by atoms with van der Waals surface area (Å²) in [5.74, 6) is -6.06. The van der Waals surface area contributed by atoms with E-state index in [0.29, 0.717) is 16.8 Å². The summed E-state index contributed by atoms with van der Waals surface area (Å²) in [6.45, 7) is -0.401. The van der Waals surface area contributed by atoms with Crippen LogP contribution in [-0.4, -0.2) is 49.9 Å². The third-order valence-electron chi connectivity index (χ3n) is 4.93. The van der Waals surface area contributed by atoms with Crippen LogP contribution in [0.25, 0.3) is 5.69 Å². The molecule has 2 aromatic carbocycles. The van der Waals surface area contributed by atoms with Gasteiger partial charge in [0.05, 0.1) is 5.56 Å². The predicted molar refractivity (Wildman–Crippen MR) is 119 cm³/mol. The number of nitrogens with zero attached hydrogens (tertiary/aromatic N) is 3. The Morgan fingerprint density at radius 1 is 1.19 bits per heavy atom. The minimum absolute atomic E-state index is 0.118. The van der Waals surface area contributed by atoms with E-state index < -0.39 is 85.8 Å². The first-order valence-corrected chi connectivity index (χ1v) is 12.3. The van der Waals surface area contributed by atoms with Gasteiger partial charge < -0.3 is 10.1 Å². The second kappa shape index (κ2) is 10.7. The molecule has 0 aliphatic rings. The fourth-order valence-corrected chi connectivity index (χ4v) is 4.05. The minimum Gasteiger partial charge on any atom is -0.481 e. The van der Waals surface area contributed by atoms with Gasteiger partial charge in [0, 0.05) is 18.9 Å². The summed E-state index contributed by atoms with van der Waals surface area (Å²) >= 11 is 0. The molecule has 3 rings (SSSR count). The van der Waals surface area contributed by atoms with Crippen LogP contribution in [0, 0.1) is 22.2 Å². The van der Waals surface area contributed by atoms with E-state index in [0.717, 1.165) is 29.0 Å². The Morgan fingerprint density at radius 3 is 2.30 bits per heavy atom. The molecule has 0 aliphatic heterocycles. The van der Waals surface area contributed by atoms with Crippen LogP contribution < -0.4 is 15.7 Å². The molecule has 0 saturated carbocycles. The highest BCUT2D eigenvalue weighted by Gasteiger charge is 2.28. The number of benzene rings is 2. The van der Waals surface area contributed by atoms with Crippen molar-refractivity contribution >= 4 is 21.3 Å². The number of anilines is 1.